The molecular formula is C17H32N4. The topological polar surface area (TPSA) is 41.1 Å². The first kappa shape index (κ1) is 17.7. The lowest BCUT2D eigenvalue weighted by Gasteiger charge is -2.28. The first-order chi connectivity index (χ1) is 9.99. The second-order valence-corrected chi connectivity index (χ2v) is 6.48. The van der Waals surface area contributed by atoms with E-state index in [0.717, 1.165) is 31.1 Å². The quantitative estimate of drug-likeness (QED) is 0.747. The molecule has 0 radical (unpaired) electrons. The maximum Gasteiger partial charge on any atom is 0.137 e. The van der Waals surface area contributed by atoms with Gasteiger partial charge in [-0.15, -0.1) is 0 Å². The Morgan fingerprint density at radius 3 is 2.05 bits per heavy atom. The highest BCUT2D eigenvalue weighted by molar-refractivity contribution is 5.58. The summed E-state index contributed by atoms with van der Waals surface area (Å²) in [4.78, 5) is 11.4. The van der Waals surface area contributed by atoms with Gasteiger partial charge in [-0.1, -0.05) is 34.6 Å². The minimum Gasteiger partial charge on any atom is -0.373 e. The summed E-state index contributed by atoms with van der Waals surface area (Å²) in [6.07, 6.45) is 5.02. The Kier molecular flexibility index (Phi) is 7.48. The molecule has 1 aromatic heterocycles. The zero-order valence-corrected chi connectivity index (χ0v) is 14.6. The zero-order chi connectivity index (χ0) is 15.8. The summed E-state index contributed by atoms with van der Waals surface area (Å²) in [5.41, 5.74) is 1.23. The average Bonchev–Trinajstić information content (AvgIpc) is 2.45. The summed E-state index contributed by atoms with van der Waals surface area (Å²) in [6.45, 7) is 13.4. The number of nitrogens with one attached hydrogen (secondary N) is 1. The van der Waals surface area contributed by atoms with Crippen LogP contribution in [-0.2, 0) is 6.42 Å². The summed E-state index contributed by atoms with van der Waals surface area (Å²) in [7, 11) is 1.93. The molecule has 0 fully saturated rings. The maximum absolute atomic E-state index is 4.59. The second-order valence-electron chi connectivity index (χ2n) is 6.48. The fraction of sp³-hybridized carbons (Fsp3) is 0.765. The molecule has 1 heterocycles. The van der Waals surface area contributed by atoms with Crippen LogP contribution in [0.25, 0.3) is 0 Å². The molecule has 0 aliphatic heterocycles. The van der Waals surface area contributed by atoms with E-state index in [2.05, 4.69) is 54.8 Å². The Bertz CT molecular complexity index is 403. The van der Waals surface area contributed by atoms with E-state index in [0.29, 0.717) is 11.8 Å². The number of hydrogen-bond acceptors (Lipinski definition) is 4. The zero-order valence-electron chi connectivity index (χ0n) is 14.6. The first-order valence-electron chi connectivity index (χ1n) is 8.26. The number of anilines is 2. The first-order valence-corrected chi connectivity index (χ1v) is 8.26. The molecule has 0 spiro atoms. The Morgan fingerprint density at radius 1 is 1.05 bits per heavy atom. The molecular weight excluding hydrogens is 260 g/mol. The van der Waals surface area contributed by atoms with Gasteiger partial charge in [-0.05, 0) is 31.1 Å². The summed E-state index contributed by atoms with van der Waals surface area (Å²) < 4.78 is 0. The molecule has 0 aliphatic carbocycles. The summed E-state index contributed by atoms with van der Waals surface area (Å²) in [5.74, 6) is 3.49. The monoisotopic (exact) mass is 292 g/mol. The molecule has 120 valence electrons. The van der Waals surface area contributed by atoms with Crippen LogP contribution >= 0.6 is 0 Å². The fourth-order valence-corrected chi connectivity index (χ4v) is 2.37. The summed E-state index contributed by atoms with van der Waals surface area (Å²) in [6, 6.07) is 0. The largest absolute Gasteiger partial charge is 0.373 e. The third-order valence-electron chi connectivity index (χ3n) is 3.77. The van der Waals surface area contributed by atoms with Crippen molar-refractivity contribution in [2.75, 3.05) is 30.4 Å². The van der Waals surface area contributed by atoms with Gasteiger partial charge in [0.15, 0.2) is 0 Å². The molecule has 4 heteroatoms. The van der Waals surface area contributed by atoms with E-state index in [1.807, 2.05) is 7.05 Å². The highest BCUT2D eigenvalue weighted by Gasteiger charge is 2.16. The van der Waals surface area contributed by atoms with Gasteiger partial charge in [0.25, 0.3) is 0 Å². The van der Waals surface area contributed by atoms with E-state index in [-0.39, 0.29) is 0 Å². The average molecular weight is 292 g/mol. The van der Waals surface area contributed by atoms with E-state index in [9.17, 15) is 0 Å². The SMILES string of the molecule is CCc1c(NC)ncnc1N(CCC(C)C)CCC(C)C. The predicted molar refractivity (Wildman–Crippen MR) is 92.1 cm³/mol. The Balaban J connectivity index is 3.00. The van der Waals surface area contributed by atoms with Crippen LogP contribution in [0.4, 0.5) is 11.6 Å². The van der Waals surface area contributed by atoms with Crippen molar-refractivity contribution >= 4 is 11.6 Å². The van der Waals surface area contributed by atoms with E-state index >= 15 is 0 Å². The van der Waals surface area contributed by atoms with Gasteiger partial charge in [-0.25, -0.2) is 9.97 Å². The van der Waals surface area contributed by atoms with Crippen molar-refractivity contribution in [3.8, 4) is 0 Å². The number of hydrogen-bond donors (Lipinski definition) is 1. The van der Waals surface area contributed by atoms with Crippen LogP contribution in [0, 0.1) is 11.8 Å². The normalized spacial score (nSPS) is 11.2. The highest BCUT2D eigenvalue weighted by Crippen LogP contribution is 2.25. The number of nitrogens with zero attached hydrogens (tertiary/aromatic N) is 3. The smallest absolute Gasteiger partial charge is 0.137 e. The van der Waals surface area contributed by atoms with Gasteiger partial charge in [0.2, 0.25) is 0 Å². The number of rotatable bonds is 9. The minimum atomic E-state index is 0.710. The van der Waals surface area contributed by atoms with Crippen molar-refractivity contribution in [1.82, 2.24) is 9.97 Å². The Labute approximate surface area is 130 Å². The maximum atomic E-state index is 4.59. The molecule has 0 bridgehead atoms. The molecule has 1 N–H and O–H groups in total. The van der Waals surface area contributed by atoms with Gasteiger partial charge < -0.3 is 10.2 Å². The fourth-order valence-electron chi connectivity index (χ4n) is 2.37. The van der Waals surface area contributed by atoms with E-state index in [1.54, 1.807) is 6.33 Å². The molecule has 0 atom stereocenters. The Hall–Kier alpha value is -1.32. The second kappa shape index (κ2) is 8.85. The molecule has 21 heavy (non-hydrogen) atoms. The third-order valence-corrected chi connectivity index (χ3v) is 3.77. The predicted octanol–water partition coefficient (Wildman–Crippen LogP) is 3.98. The van der Waals surface area contributed by atoms with Crippen LogP contribution in [0.5, 0.6) is 0 Å². The van der Waals surface area contributed by atoms with Gasteiger partial charge in [0.1, 0.15) is 18.0 Å². The Morgan fingerprint density at radius 2 is 1.62 bits per heavy atom. The van der Waals surface area contributed by atoms with Crippen LogP contribution in [-0.4, -0.2) is 30.1 Å². The van der Waals surface area contributed by atoms with Gasteiger partial charge in [-0.3, -0.25) is 0 Å². The summed E-state index contributed by atoms with van der Waals surface area (Å²) >= 11 is 0. The highest BCUT2D eigenvalue weighted by atomic mass is 15.2. The van der Waals surface area contributed by atoms with Crippen LogP contribution in [0.3, 0.4) is 0 Å². The minimum absolute atomic E-state index is 0.710. The van der Waals surface area contributed by atoms with Crippen LogP contribution in [0.15, 0.2) is 6.33 Å². The molecule has 4 nitrogen and oxygen atoms in total. The van der Waals surface area contributed by atoms with Crippen molar-refractivity contribution in [3.05, 3.63) is 11.9 Å². The lowest BCUT2D eigenvalue weighted by Crippen LogP contribution is -2.29. The molecule has 0 unspecified atom stereocenters. The van der Waals surface area contributed by atoms with Crippen LogP contribution in [0.1, 0.15) is 53.0 Å². The van der Waals surface area contributed by atoms with Crippen LogP contribution in [0.2, 0.25) is 0 Å². The van der Waals surface area contributed by atoms with Gasteiger partial charge in [0, 0.05) is 25.7 Å². The lowest BCUT2D eigenvalue weighted by molar-refractivity contribution is 0.532. The molecule has 0 amide bonds. The van der Waals surface area contributed by atoms with Gasteiger partial charge >= 0.3 is 0 Å². The van der Waals surface area contributed by atoms with E-state index < -0.39 is 0 Å². The molecule has 1 aromatic rings. The van der Waals surface area contributed by atoms with Gasteiger partial charge in [0.05, 0.1) is 0 Å². The van der Waals surface area contributed by atoms with E-state index in [1.165, 1.54) is 18.4 Å². The molecule has 1 rings (SSSR count). The van der Waals surface area contributed by atoms with Crippen molar-refractivity contribution in [2.45, 2.75) is 53.9 Å². The molecule has 0 aromatic carbocycles. The third kappa shape index (κ3) is 5.52. The molecule has 0 saturated heterocycles. The molecule has 0 saturated carbocycles. The number of aromatic nitrogens is 2. The van der Waals surface area contributed by atoms with Crippen molar-refractivity contribution in [2.24, 2.45) is 11.8 Å². The standard InChI is InChI=1S/C17H32N4/c1-7-15-16(18-6)19-12-20-17(15)21(10-8-13(2)3)11-9-14(4)5/h12-14H,7-11H2,1-6H3,(H,18,19,20). The van der Waals surface area contributed by atoms with Crippen molar-refractivity contribution in [1.29, 1.82) is 0 Å². The molecule has 0 aliphatic rings. The lowest BCUT2D eigenvalue weighted by atomic mass is 10.1. The summed E-state index contributed by atoms with van der Waals surface area (Å²) in [5, 5.41) is 3.19. The van der Waals surface area contributed by atoms with Gasteiger partial charge in [-0.2, -0.15) is 0 Å². The van der Waals surface area contributed by atoms with Crippen molar-refractivity contribution in [3.63, 3.8) is 0 Å². The van der Waals surface area contributed by atoms with E-state index in [4.69, 9.17) is 0 Å². The van der Waals surface area contributed by atoms with Crippen molar-refractivity contribution < 1.29 is 0 Å². The van der Waals surface area contributed by atoms with Crippen LogP contribution < -0.4 is 10.2 Å².